The Morgan fingerprint density at radius 1 is 1.22 bits per heavy atom. The van der Waals surface area contributed by atoms with Gasteiger partial charge in [0.1, 0.15) is 4.21 Å². The number of amides is 1. The van der Waals surface area contributed by atoms with Gasteiger partial charge in [0, 0.05) is 37.1 Å². The SMILES string of the molecule is CC(N)C1CCCN(C(=O)Cc2ccc(S(=O)(=O)N3CCCCC3)s2)C1.Cl. The van der Waals surface area contributed by atoms with Gasteiger partial charge in [0.2, 0.25) is 5.91 Å². The quantitative estimate of drug-likeness (QED) is 0.769. The highest BCUT2D eigenvalue weighted by Crippen LogP contribution is 2.28. The van der Waals surface area contributed by atoms with Crippen LogP contribution in [0.25, 0.3) is 0 Å². The van der Waals surface area contributed by atoms with E-state index in [4.69, 9.17) is 5.73 Å². The molecule has 0 spiro atoms. The Bertz CT molecular complexity index is 730. The molecule has 0 aliphatic carbocycles. The summed E-state index contributed by atoms with van der Waals surface area (Å²) in [7, 11) is -3.41. The number of hydrogen-bond donors (Lipinski definition) is 1. The highest BCUT2D eigenvalue weighted by Gasteiger charge is 2.29. The number of nitrogens with zero attached hydrogens (tertiary/aromatic N) is 2. The van der Waals surface area contributed by atoms with Gasteiger partial charge in [-0.05, 0) is 50.7 Å². The van der Waals surface area contributed by atoms with Crippen molar-refractivity contribution in [2.24, 2.45) is 11.7 Å². The van der Waals surface area contributed by atoms with E-state index in [1.54, 1.807) is 16.4 Å². The molecule has 1 aromatic heterocycles. The van der Waals surface area contributed by atoms with Crippen LogP contribution in [0.4, 0.5) is 0 Å². The first-order valence-corrected chi connectivity index (χ1v) is 11.8. The molecule has 0 saturated carbocycles. The summed E-state index contributed by atoms with van der Waals surface area (Å²) in [6.45, 7) is 4.67. The van der Waals surface area contributed by atoms with E-state index in [1.165, 1.54) is 11.3 Å². The summed E-state index contributed by atoms with van der Waals surface area (Å²) in [5.41, 5.74) is 6.00. The van der Waals surface area contributed by atoms with E-state index < -0.39 is 10.0 Å². The highest BCUT2D eigenvalue weighted by molar-refractivity contribution is 7.91. The van der Waals surface area contributed by atoms with Crippen molar-refractivity contribution in [1.82, 2.24) is 9.21 Å². The maximum absolute atomic E-state index is 12.7. The van der Waals surface area contributed by atoms with Gasteiger partial charge in [0.25, 0.3) is 10.0 Å². The van der Waals surface area contributed by atoms with Crippen molar-refractivity contribution in [3.63, 3.8) is 0 Å². The Morgan fingerprint density at radius 2 is 1.93 bits per heavy atom. The summed E-state index contributed by atoms with van der Waals surface area (Å²) < 4.78 is 27.4. The molecule has 2 N–H and O–H groups in total. The van der Waals surface area contributed by atoms with Gasteiger partial charge in [0.15, 0.2) is 0 Å². The first-order chi connectivity index (χ1) is 12.4. The molecule has 0 bridgehead atoms. The van der Waals surface area contributed by atoms with Gasteiger partial charge in [-0.15, -0.1) is 23.7 Å². The highest BCUT2D eigenvalue weighted by atomic mass is 35.5. The number of carbonyl (C=O) groups excluding carboxylic acids is 1. The van der Waals surface area contributed by atoms with E-state index in [0.29, 0.717) is 29.8 Å². The third kappa shape index (κ3) is 5.44. The van der Waals surface area contributed by atoms with Crippen molar-refractivity contribution in [1.29, 1.82) is 0 Å². The van der Waals surface area contributed by atoms with Crippen LogP contribution in [-0.2, 0) is 21.2 Å². The molecule has 27 heavy (non-hydrogen) atoms. The number of likely N-dealkylation sites (tertiary alicyclic amines) is 1. The second kappa shape index (κ2) is 9.69. The van der Waals surface area contributed by atoms with Gasteiger partial charge in [-0.2, -0.15) is 4.31 Å². The largest absolute Gasteiger partial charge is 0.342 e. The Hall–Kier alpha value is -0.670. The van der Waals surface area contributed by atoms with Crippen molar-refractivity contribution in [2.45, 2.75) is 55.7 Å². The predicted molar refractivity (Wildman–Crippen MR) is 111 cm³/mol. The number of hydrogen-bond acceptors (Lipinski definition) is 5. The minimum atomic E-state index is -3.41. The maximum Gasteiger partial charge on any atom is 0.252 e. The molecule has 2 aliphatic heterocycles. The Morgan fingerprint density at radius 3 is 2.59 bits per heavy atom. The van der Waals surface area contributed by atoms with Crippen molar-refractivity contribution >= 4 is 39.7 Å². The van der Waals surface area contributed by atoms with Gasteiger partial charge < -0.3 is 10.6 Å². The topological polar surface area (TPSA) is 83.7 Å². The summed E-state index contributed by atoms with van der Waals surface area (Å²) in [6, 6.07) is 3.53. The third-order valence-corrected chi connectivity index (χ3v) is 8.88. The zero-order chi connectivity index (χ0) is 18.7. The average Bonchev–Trinajstić information content (AvgIpc) is 3.12. The summed E-state index contributed by atoms with van der Waals surface area (Å²) in [4.78, 5) is 15.3. The maximum atomic E-state index is 12.7. The van der Waals surface area contributed by atoms with Crippen LogP contribution in [0, 0.1) is 5.92 Å². The lowest BCUT2D eigenvalue weighted by atomic mass is 9.92. The standard InChI is InChI=1S/C18H29N3O3S2.ClH/c1-14(19)15-6-5-9-20(13-15)17(22)12-16-7-8-18(25-16)26(23,24)21-10-3-2-4-11-21;/h7-8,14-15H,2-6,9-13,19H2,1H3;1H. The number of rotatable bonds is 5. The van der Waals surface area contributed by atoms with E-state index in [1.807, 2.05) is 11.8 Å². The number of sulfonamides is 1. The molecule has 2 unspecified atom stereocenters. The zero-order valence-corrected chi connectivity index (χ0v) is 18.3. The number of halogens is 1. The Balaban J connectivity index is 0.00000261. The second-order valence-electron chi connectivity index (χ2n) is 7.46. The lowest BCUT2D eigenvalue weighted by Crippen LogP contribution is -2.45. The minimum Gasteiger partial charge on any atom is -0.342 e. The van der Waals surface area contributed by atoms with Crippen LogP contribution in [0.5, 0.6) is 0 Å². The van der Waals surface area contributed by atoms with Crippen LogP contribution in [0.15, 0.2) is 16.3 Å². The number of thiophene rings is 1. The normalized spacial score (nSPS) is 22.9. The van der Waals surface area contributed by atoms with Gasteiger partial charge in [0.05, 0.1) is 6.42 Å². The lowest BCUT2D eigenvalue weighted by Gasteiger charge is -2.34. The van der Waals surface area contributed by atoms with Crippen LogP contribution in [0.1, 0.15) is 43.9 Å². The van der Waals surface area contributed by atoms with Crippen molar-refractivity contribution < 1.29 is 13.2 Å². The van der Waals surface area contributed by atoms with Crippen LogP contribution in [0.2, 0.25) is 0 Å². The fourth-order valence-corrected chi connectivity index (χ4v) is 6.77. The molecule has 2 atom stereocenters. The molecular formula is C18H30ClN3O3S2. The molecule has 2 fully saturated rings. The Kier molecular flexibility index (Phi) is 8.12. The third-order valence-electron chi connectivity index (χ3n) is 5.43. The molecule has 9 heteroatoms. The first-order valence-electron chi connectivity index (χ1n) is 9.50. The van der Waals surface area contributed by atoms with Gasteiger partial charge in [-0.1, -0.05) is 6.42 Å². The van der Waals surface area contributed by atoms with E-state index in [-0.39, 0.29) is 30.8 Å². The van der Waals surface area contributed by atoms with Crippen LogP contribution >= 0.6 is 23.7 Å². The van der Waals surface area contributed by atoms with Gasteiger partial charge >= 0.3 is 0 Å². The summed E-state index contributed by atoms with van der Waals surface area (Å²) >= 11 is 1.23. The monoisotopic (exact) mass is 435 g/mol. The Labute approximate surface area is 172 Å². The molecule has 0 aromatic carbocycles. The molecule has 1 amide bonds. The van der Waals surface area contributed by atoms with Crippen LogP contribution in [-0.4, -0.2) is 55.8 Å². The second-order valence-corrected chi connectivity index (χ2v) is 10.8. The molecule has 1 aromatic rings. The molecule has 3 heterocycles. The minimum absolute atomic E-state index is 0. The number of nitrogens with two attached hydrogens (primary N) is 1. The predicted octanol–water partition coefficient (Wildman–Crippen LogP) is 2.47. The zero-order valence-electron chi connectivity index (χ0n) is 15.8. The average molecular weight is 436 g/mol. The number of piperidine rings is 2. The van der Waals surface area contributed by atoms with Gasteiger partial charge in [-0.25, -0.2) is 8.42 Å². The lowest BCUT2D eigenvalue weighted by molar-refractivity contribution is -0.132. The van der Waals surface area contributed by atoms with E-state index in [0.717, 1.165) is 43.5 Å². The fourth-order valence-electron chi connectivity index (χ4n) is 3.75. The first kappa shape index (κ1) is 22.6. The van der Waals surface area contributed by atoms with Crippen molar-refractivity contribution in [3.8, 4) is 0 Å². The molecule has 2 saturated heterocycles. The number of carbonyl (C=O) groups is 1. The molecule has 3 rings (SSSR count). The van der Waals surface area contributed by atoms with E-state index in [9.17, 15) is 13.2 Å². The molecule has 154 valence electrons. The molecule has 0 radical (unpaired) electrons. The summed E-state index contributed by atoms with van der Waals surface area (Å²) in [5, 5.41) is 0. The van der Waals surface area contributed by atoms with Crippen molar-refractivity contribution in [2.75, 3.05) is 26.2 Å². The smallest absolute Gasteiger partial charge is 0.252 e. The van der Waals surface area contributed by atoms with Crippen LogP contribution < -0.4 is 5.73 Å². The summed E-state index contributed by atoms with van der Waals surface area (Å²) in [6.07, 6.45) is 5.26. The molecule has 2 aliphatic rings. The van der Waals surface area contributed by atoms with E-state index in [2.05, 4.69) is 0 Å². The van der Waals surface area contributed by atoms with Gasteiger partial charge in [-0.3, -0.25) is 4.79 Å². The van der Waals surface area contributed by atoms with Crippen molar-refractivity contribution in [3.05, 3.63) is 17.0 Å². The fraction of sp³-hybridized carbons (Fsp3) is 0.722. The van der Waals surface area contributed by atoms with E-state index >= 15 is 0 Å². The summed E-state index contributed by atoms with van der Waals surface area (Å²) in [5.74, 6) is 0.421. The molecule has 6 nitrogen and oxygen atoms in total. The van der Waals surface area contributed by atoms with Crippen LogP contribution in [0.3, 0.4) is 0 Å². The molecular weight excluding hydrogens is 406 g/mol.